The van der Waals surface area contributed by atoms with E-state index in [-0.39, 0.29) is 4.91 Å². The fraction of sp³-hybridized carbons (Fsp3) is 0.156. The summed E-state index contributed by atoms with van der Waals surface area (Å²) in [5.41, 5.74) is 3.02. The lowest BCUT2D eigenvalue weighted by atomic mass is 10.1. The maximum Gasteiger partial charge on any atom is 0.294 e. The Hall–Kier alpha value is -3.79. The average molecular weight is 666 g/mol. The van der Waals surface area contributed by atoms with E-state index < -0.39 is 23.6 Å². The van der Waals surface area contributed by atoms with E-state index in [1.165, 1.54) is 0 Å². The summed E-state index contributed by atoms with van der Waals surface area (Å²) in [7, 11) is 0. The minimum absolute atomic E-state index is 0.199. The van der Waals surface area contributed by atoms with Gasteiger partial charge in [0.25, 0.3) is 11.1 Å². The van der Waals surface area contributed by atoms with Gasteiger partial charge >= 0.3 is 0 Å². The highest BCUT2D eigenvalue weighted by Crippen LogP contribution is 2.40. The number of benzene rings is 4. The molecule has 1 saturated heterocycles. The van der Waals surface area contributed by atoms with E-state index in [9.17, 15) is 14.4 Å². The molecule has 1 heterocycles. The number of hydrogen-bond donors (Lipinski definition) is 1. The highest BCUT2D eigenvalue weighted by atomic mass is 79.9. The third-order valence-corrected chi connectivity index (χ3v) is 8.42. The van der Waals surface area contributed by atoms with E-state index in [1.54, 1.807) is 36.4 Å². The number of anilines is 1. The molecule has 0 atom stereocenters. The summed E-state index contributed by atoms with van der Waals surface area (Å²) in [5, 5.41) is 4.89. The van der Waals surface area contributed by atoms with Crippen molar-refractivity contribution in [3.05, 3.63) is 104 Å². The Bertz CT molecular complexity index is 1740. The molecule has 0 saturated carbocycles. The number of carbonyl (C=O) groups excluding carboxylic acids is 3. The Kier molecular flexibility index (Phi) is 9.21. The summed E-state index contributed by atoms with van der Waals surface area (Å²) in [4.78, 5) is 39.4. The van der Waals surface area contributed by atoms with Crippen LogP contribution in [0.1, 0.15) is 23.6 Å². The molecular formula is C32H26BrClN2O5S. The normalized spacial score (nSPS) is 14.1. The van der Waals surface area contributed by atoms with Gasteiger partial charge in [-0.05, 0) is 99.3 Å². The van der Waals surface area contributed by atoms with Crippen molar-refractivity contribution in [3.63, 3.8) is 0 Å². The van der Waals surface area contributed by atoms with E-state index in [4.69, 9.17) is 21.1 Å². The highest BCUT2D eigenvalue weighted by Gasteiger charge is 2.36. The first-order chi connectivity index (χ1) is 20.2. The van der Waals surface area contributed by atoms with Crippen LogP contribution in [0.2, 0.25) is 5.02 Å². The van der Waals surface area contributed by atoms with Crippen LogP contribution in [0.4, 0.5) is 10.5 Å². The zero-order valence-electron chi connectivity index (χ0n) is 22.8. The van der Waals surface area contributed by atoms with Crippen LogP contribution < -0.4 is 14.8 Å². The molecule has 3 amide bonds. The van der Waals surface area contributed by atoms with E-state index in [1.807, 2.05) is 38.1 Å². The topological polar surface area (TPSA) is 84.9 Å². The van der Waals surface area contributed by atoms with Crippen LogP contribution in [0.5, 0.6) is 11.5 Å². The van der Waals surface area contributed by atoms with Crippen molar-refractivity contribution >= 4 is 78.9 Å². The van der Waals surface area contributed by atoms with Crippen LogP contribution in [0.25, 0.3) is 16.8 Å². The van der Waals surface area contributed by atoms with E-state index in [2.05, 4.69) is 39.4 Å². The van der Waals surface area contributed by atoms with Crippen molar-refractivity contribution < 1.29 is 23.9 Å². The number of hydrogen-bond acceptors (Lipinski definition) is 6. The molecule has 4 aromatic carbocycles. The number of halogens is 2. The molecule has 1 N–H and O–H groups in total. The van der Waals surface area contributed by atoms with Crippen LogP contribution in [-0.2, 0) is 16.2 Å². The van der Waals surface area contributed by atoms with Crippen LogP contribution >= 0.6 is 39.3 Å². The quantitative estimate of drug-likeness (QED) is 0.181. The van der Waals surface area contributed by atoms with Gasteiger partial charge in [-0.2, -0.15) is 0 Å². The molecule has 0 radical (unpaired) electrons. The van der Waals surface area contributed by atoms with Crippen molar-refractivity contribution in [2.24, 2.45) is 0 Å². The average Bonchev–Trinajstić information content (AvgIpc) is 3.22. The van der Waals surface area contributed by atoms with Crippen molar-refractivity contribution in [1.29, 1.82) is 0 Å². The number of rotatable bonds is 9. The van der Waals surface area contributed by atoms with Gasteiger partial charge < -0.3 is 14.8 Å². The maximum atomic E-state index is 13.1. The fourth-order valence-corrected chi connectivity index (χ4v) is 6.04. The Morgan fingerprint density at radius 2 is 1.83 bits per heavy atom. The van der Waals surface area contributed by atoms with Gasteiger partial charge in [0.2, 0.25) is 5.91 Å². The molecule has 5 rings (SSSR count). The standard InChI is InChI=1S/C32H26BrClN2O5S/c1-3-40-27-14-20(13-25(33)30(27)41-18-22-9-6-8-21-7-4-5-10-24(21)22)15-28-31(38)36(32(39)42-28)17-29(37)35-23-12-11-19(2)26(34)16-23/h4-16H,3,17-18H2,1-2H3,(H,35,37)/b28-15+. The van der Waals surface area contributed by atoms with Crippen molar-refractivity contribution in [2.45, 2.75) is 20.5 Å². The summed E-state index contributed by atoms with van der Waals surface area (Å²) in [6, 6.07) is 22.8. The van der Waals surface area contributed by atoms with Crippen molar-refractivity contribution in [2.75, 3.05) is 18.5 Å². The molecule has 42 heavy (non-hydrogen) atoms. The van der Waals surface area contributed by atoms with Gasteiger partial charge in [-0.3, -0.25) is 19.3 Å². The minimum atomic E-state index is -0.549. The molecule has 0 aromatic heterocycles. The first-order valence-corrected chi connectivity index (χ1v) is 15.1. The Balaban J connectivity index is 1.32. The Labute approximate surface area is 260 Å². The molecule has 0 aliphatic carbocycles. The maximum absolute atomic E-state index is 13.1. The van der Waals surface area contributed by atoms with Gasteiger partial charge in [-0.15, -0.1) is 0 Å². The first kappa shape index (κ1) is 29.7. The van der Waals surface area contributed by atoms with E-state index in [0.717, 1.165) is 38.6 Å². The summed E-state index contributed by atoms with van der Waals surface area (Å²) >= 11 is 10.5. The largest absolute Gasteiger partial charge is 0.490 e. The predicted molar refractivity (Wildman–Crippen MR) is 171 cm³/mol. The zero-order chi connectivity index (χ0) is 29.8. The van der Waals surface area contributed by atoms with Gasteiger partial charge in [0.05, 0.1) is 16.0 Å². The zero-order valence-corrected chi connectivity index (χ0v) is 25.9. The highest BCUT2D eigenvalue weighted by molar-refractivity contribution is 9.10. The van der Waals surface area contributed by atoms with Crippen LogP contribution in [0.3, 0.4) is 0 Å². The van der Waals surface area contributed by atoms with Crippen molar-refractivity contribution in [3.8, 4) is 11.5 Å². The van der Waals surface area contributed by atoms with Crippen LogP contribution in [0.15, 0.2) is 82.2 Å². The molecule has 7 nitrogen and oxygen atoms in total. The lowest BCUT2D eigenvalue weighted by Gasteiger charge is -2.16. The molecule has 4 aromatic rings. The minimum Gasteiger partial charge on any atom is -0.490 e. The predicted octanol–water partition coefficient (Wildman–Crippen LogP) is 8.22. The van der Waals surface area contributed by atoms with E-state index >= 15 is 0 Å². The molecule has 10 heteroatoms. The van der Waals surface area contributed by atoms with E-state index in [0.29, 0.717) is 45.5 Å². The third-order valence-electron chi connectivity index (χ3n) is 6.51. The summed E-state index contributed by atoms with van der Waals surface area (Å²) < 4.78 is 12.7. The van der Waals surface area contributed by atoms with Crippen molar-refractivity contribution in [1.82, 2.24) is 4.90 Å². The van der Waals surface area contributed by atoms with Gasteiger partial charge in [0.15, 0.2) is 11.5 Å². The second-order valence-electron chi connectivity index (χ2n) is 9.47. The number of nitrogens with one attached hydrogen (secondary N) is 1. The molecule has 0 unspecified atom stereocenters. The van der Waals surface area contributed by atoms with Crippen LogP contribution in [0, 0.1) is 6.92 Å². The van der Waals surface area contributed by atoms with Gasteiger partial charge in [0, 0.05) is 10.7 Å². The number of amides is 3. The Morgan fingerprint density at radius 1 is 1.05 bits per heavy atom. The smallest absolute Gasteiger partial charge is 0.294 e. The molecular weight excluding hydrogens is 640 g/mol. The molecule has 1 aliphatic rings. The first-order valence-electron chi connectivity index (χ1n) is 13.1. The second kappa shape index (κ2) is 13.0. The number of ether oxygens (including phenoxy) is 2. The van der Waals surface area contributed by atoms with Gasteiger partial charge in [0.1, 0.15) is 13.2 Å². The lowest BCUT2D eigenvalue weighted by molar-refractivity contribution is -0.127. The second-order valence-corrected chi connectivity index (χ2v) is 11.7. The lowest BCUT2D eigenvalue weighted by Crippen LogP contribution is -2.36. The molecule has 214 valence electrons. The summed E-state index contributed by atoms with van der Waals surface area (Å²) in [5.74, 6) is -0.0309. The Morgan fingerprint density at radius 3 is 2.62 bits per heavy atom. The summed E-state index contributed by atoms with van der Waals surface area (Å²) in [6.45, 7) is 4.04. The number of imide groups is 1. The number of nitrogens with zero attached hydrogens (tertiary/aromatic N) is 1. The van der Waals surface area contributed by atoms with Gasteiger partial charge in [-0.25, -0.2) is 0 Å². The molecule has 1 aliphatic heterocycles. The number of fused-ring (bicyclic) bond motifs is 1. The van der Waals surface area contributed by atoms with Crippen LogP contribution in [-0.4, -0.2) is 35.1 Å². The molecule has 1 fully saturated rings. The monoisotopic (exact) mass is 664 g/mol. The number of thioether (sulfide) groups is 1. The fourth-order valence-electron chi connectivity index (χ4n) is 4.44. The number of carbonyl (C=O) groups is 3. The van der Waals surface area contributed by atoms with Gasteiger partial charge in [-0.1, -0.05) is 60.1 Å². The number of aryl methyl sites for hydroxylation is 1. The molecule has 0 spiro atoms. The SMILES string of the molecule is CCOc1cc(/C=C2/SC(=O)N(CC(=O)Nc3ccc(C)c(Cl)c3)C2=O)cc(Br)c1OCc1cccc2ccccc12. The third kappa shape index (κ3) is 6.64. The molecule has 0 bridgehead atoms. The summed E-state index contributed by atoms with van der Waals surface area (Å²) in [6.07, 6.45) is 1.60.